The van der Waals surface area contributed by atoms with Crippen LogP contribution >= 0.6 is 0 Å². The molecule has 182 valence electrons. The Bertz CT molecular complexity index is 1090. The second-order valence-corrected chi connectivity index (χ2v) is 11.0. The van der Waals surface area contributed by atoms with Crippen LogP contribution in [-0.4, -0.2) is 72.3 Å². The first-order valence-corrected chi connectivity index (χ1v) is 13.0. The van der Waals surface area contributed by atoms with Crippen molar-refractivity contribution in [3.63, 3.8) is 0 Å². The van der Waals surface area contributed by atoms with Crippen LogP contribution in [0.1, 0.15) is 50.1 Å². The Hall–Kier alpha value is -2.45. The second-order valence-electron chi connectivity index (χ2n) is 11.0. The molecule has 2 aromatic rings. The fourth-order valence-electron chi connectivity index (χ4n) is 6.54. The molecule has 8 nitrogen and oxygen atoms in total. The zero-order chi connectivity index (χ0) is 23.3. The molecule has 2 amide bonds. The number of piperidine rings is 1. The van der Waals surface area contributed by atoms with Crippen molar-refractivity contribution in [3.8, 4) is 0 Å². The van der Waals surface area contributed by atoms with Gasteiger partial charge in [0.1, 0.15) is 0 Å². The summed E-state index contributed by atoms with van der Waals surface area (Å²) in [6.45, 7) is 8.08. The predicted molar refractivity (Wildman–Crippen MR) is 132 cm³/mol. The zero-order valence-corrected chi connectivity index (χ0v) is 20.2. The molecule has 0 bridgehead atoms. The smallest absolute Gasteiger partial charge is 0.235 e. The summed E-state index contributed by atoms with van der Waals surface area (Å²) in [5.74, 6) is 0.0974. The number of nitrogens with zero attached hydrogens (tertiary/aromatic N) is 4. The summed E-state index contributed by atoms with van der Waals surface area (Å²) in [6, 6.07) is 6.49. The largest absolute Gasteiger partial charge is 0.369 e. The average molecular weight is 465 g/mol. The zero-order valence-electron chi connectivity index (χ0n) is 20.2. The van der Waals surface area contributed by atoms with E-state index in [0.717, 1.165) is 48.7 Å². The molecular formula is C26H36N6O2. The van der Waals surface area contributed by atoms with Crippen LogP contribution in [0.25, 0.3) is 10.9 Å². The first-order valence-electron chi connectivity index (χ1n) is 13.0. The number of anilines is 1. The lowest BCUT2D eigenvalue weighted by Crippen LogP contribution is -2.55. The Morgan fingerprint density at radius 1 is 1.06 bits per heavy atom. The minimum atomic E-state index is -0.356. The number of aryl methyl sites for hydroxylation is 1. The van der Waals surface area contributed by atoms with Crippen LogP contribution < -0.4 is 15.5 Å². The summed E-state index contributed by atoms with van der Waals surface area (Å²) in [5, 5.41) is 11.6. The van der Waals surface area contributed by atoms with Gasteiger partial charge < -0.3 is 10.2 Å². The molecule has 3 aliphatic heterocycles. The van der Waals surface area contributed by atoms with Crippen molar-refractivity contribution in [3.05, 3.63) is 23.9 Å². The van der Waals surface area contributed by atoms with E-state index in [0.29, 0.717) is 18.3 Å². The summed E-state index contributed by atoms with van der Waals surface area (Å²) < 4.78 is 1.88. The molecule has 8 heteroatoms. The number of nitrogens with one attached hydrogen (secondary N) is 2. The van der Waals surface area contributed by atoms with E-state index in [2.05, 4.69) is 43.7 Å². The van der Waals surface area contributed by atoms with Crippen molar-refractivity contribution in [1.29, 1.82) is 0 Å². The first-order chi connectivity index (χ1) is 16.5. The van der Waals surface area contributed by atoms with Gasteiger partial charge in [-0.25, -0.2) is 0 Å². The Kier molecular flexibility index (Phi) is 5.60. The highest BCUT2D eigenvalue weighted by molar-refractivity contribution is 6.02. The van der Waals surface area contributed by atoms with Gasteiger partial charge in [-0.3, -0.25) is 24.5 Å². The maximum absolute atomic E-state index is 12.4. The number of imide groups is 1. The minimum Gasteiger partial charge on any atom is -0.369 e. The minimum absolute atomic E-state index is 0.189. The van der Waals surface area contributed by atoms with Gasteiger partial charge in [0.15, 0.2) is 0 Å². The molecule has 34 heavy (non-hydrogen) atoms. The number of benzene rings is 1. The van der Waals surface area contributed by atoms with Gasteiger partial charge in [0.2, 0.25) is 11.8 Å². The number of carbonyl (C=O) groups excluding carboxylic acids is 2. The van der Waals surface area contributed by atoms with Crippen LogP contribution in [-0.2, 0) is 16.6 Å². The summed E-state index contributed by atoms with van der Waals surface area (Å²) >= 11 is 0. The molecule has 4 heterocycles. The van der Waals surface area contributed by atoms with Crippen LogP contribution in [0.2, 0.25) is 0 Å². The molecule has 1 spiro atoms. The highest BCUT2D eigenvalue weighted by Crippen LogP contribution is 2.42. The van der Waals surface area contributed by atoms with Crippen molar-refractivity contribution in [2.75, 3.05) is 50.7 Å². The van der Waals surface area contributed by atoms with Crippen LogP contribution in [0.15, 0.2) is 18.2 Å². The quantitative estimate of drug-likeness (QED) is 0.674. The van der Waals surface area contributed by atoms with Gasteiger partial charge in [0.05, 0.1) is 17.1 Å². The number of fused-ring (bicyclic) bond motifs is 1. The molecule has 1 aliphatic carbocycles. The van der Waals surface area contributed by atoms with E-state index in [9.17, 15) is 9.59 Å². The fourth-order valence-corrected chi connectivity index (χ4v) is 6.54. The highest BCUT2D eigenvalue weighted by atomic mass is 16.2. The van der Waals surface area contributed by atoms with Gasteiger partial charge in [-0.05, 0) is 61.6 Å². The summed E-state index contributed by atoms with van der Waals surface area (Å²) in [4.78, 5) is 29.1. The Labute approximate surface area is 201 Å². The Morgan fingerprint density at radius 2 is 1.82 bits per heavy atom. The van der Waals surface area contributed by atoms with Crippen LogP contribution in [0.3, 0.4) is 0 Å². The van der Waals surface area contributed by atoms with E-state index in [1.54, 1.807) is 0 Å². The number of carbonyl (C=O) groups is 2. The number of hydrogen-bond donors (Lipinski definition) is 2. The second kappa shape index (κ2) is 8.64. The van der Waals surface area contributed by atoms with E-state index in [4.69, 9.17) is 0 Å². The summed E-state index contributed by atoms with van der Waals surface area (Å²) in [7, 11) is 1.94. The molecule has 1 aromatic heterocycles. The molecule has 4 fully saturated rings. The summed E-state index contributed by atoms with van der Waals surface area (Å²) in [6.07, 6.45) is 6.52. The van der Waals surface area contributed by atoms with Crippen molar-refractivity contribution < 1.29 is 9.59 Å². The maximum Gasteiger partial charge on any atom is 0.235 e. The lowest BCUT2D eigenvalue weighted by molar-refractivity contribution is -0.134. The normalized spacial score (nSPS) is 26.1. The first kappa shape index (κ1) is 22.0. The van der Waals surface area contributed by atoms with E-state index in [1.807, 2.05) is 11.7 Å². The van der Waals surface area contributed by atoms with E-state index >= 15 is 0 Å². The highest BCUT2D eigenvalue weighted by Gasteiger charge is 2.40. The number of rotatable bonds is 4. The molecule has 6 rings (SSSR count). The van der Waals surface area contributed by atoms with E-state index < -0.39 is 0 Å². The molecule has 3 saturated heterocycles. The van der Waals surface area contributed by atoms with Gasteiger partial charge in [0.25, 0.3) is 0 Å². The number of piperazine rings is 1. The molecule has 1 aromatic carbocycles. The molecule has 1 saturated carbocycles. The lowest BCUT2D eigenvalue weighted by Gasteiger charge is -2.48. The topological polar surface area (TPSA) is 82.5 Å². The molecule has 1 atom stereocenters. The van der Waals surface area contributed by atoms with Crippen molar-refractivity contribution in [2.45, 2.75) is 44.4 Å². The van der Waals surface area contributed by atoms with Crippen LogP contribution in [0.5, 0.6) is 0 Å². The van der Waals surface area contributed by atoms with Crippen molar-refractivity contribution >= 4 is 28.4 Å². The van der Waals surface area contributed by atoms with Gasteiger partial charge in [-0.1, -0.05) is 0 Å². The van der Waals surface area contributed by atoms with Crippen LogP contribution in [0.4, 0.5) is 5.69 Å². The maximum atomic E-state index is 12.4. The number of amides is 2. The van der Waals surface area contributed by atoms with Crippen molar-refractivity contribution in [1.82, 2.24) is 25.3 Å². The third-order valence-electron chi connectivity index (χ3n) is 8.85. The standard InChI is InChI=1S/C26H36N6O2/c1-30-22-14-19(2-3-20(22)24(29-30)21-4-5-23(33)28-25(21)34)32-12-10-31(11-13-32)15-18-6-8-26(9-7-18)16-27-17-26/h2-3,14,18,21,27H,4-13,15-17H2,1H3,(H,28,33,34). The number of hydrogen-bond acceptors (Lipinski definition) is 6. The van der Waals surface area contributed by atoms with Crippen LogP contribution in [0, 0.1) is 11.3 Å². The molecule has 0 radical (unpaired) electrons. The third kappa shape index (κ3) is 4.01. The number of aromatic nitrogens is 2. The average Bonchev–Trinajstić information content (AvgIpc) is 3.15. The molecule has 2 N–H and O–H groups in total. The van der Waals surface area contributed by atoms with E-state index in [-0.39, 0.29) is 17.7 Å². The van der Waals surface area contributed by atoms with Gasteiger partial charge in [0, 0.05) is 70.4 Å². The molecule has 4 aliphatic rings. The fraction of sp³-hybridized carbons (Fsp3) is 0.654. The SMILES string of the molecule is Cn1nc(C2CCC(=O)NC2=O)c2ccc(N3CCN(CC4CCC5(CC4)CNC5)CC3)cc21. The van der Waals surface area contributed by atoms with Gasteiger partial charge in [-0.15, -0.1) is 0 Å². The Morgan fingerprint density at radius 3 is 2.50 bits per heavy atom. The third-order valence-corrected chi connectivity index (χ3v) is 8.85. The molecule has 1 unspecified atom stereocenters. The predicted octanol–water partition coefficient (Wildman–Crippen LogP) is 2.00. The van der Waals surface area contributed by atoms with E-state index in [1.165, 1.54) is 51.0 Å². The van der Waals surface area contributed by atoms with Gasteiger partial charge >= 0.3 is 0 Å². The summed E-state index contributed by atoms with van der Waals surface area (Å²) in [5.41, 5.74) is 3.70. The van der Waals surface area contributed by atoms with Crippen molar-refractivity contribution in [2.24, 2.45) is 18.4 Å². The van der Waals surface area contributed by atoms with Gasteiger partial charge in [-0.2, -0.15) is 5.10 Å². The monoisotopic (exact) mass is 464 g/mol. The Balaban J connectivity index is 1.09. The lowest BCUT2D eigenvalue weighted by atomic mass is 9.67. The molecular weight excluding hydrogens is 428 g/mol.